The van der Waals surface area contributed by atoms with Gasteiger partial charge in [-0.05, 0) is 26.8 Å². The Bertz CT molecular complexity index is 510. The summed E-state index contributed by atoms with van der Waals surface area (Å²) in [5.41, 5.74) is 0. The summed E-state index contributed by atoms with van der Waals surface area (Å²) in [5.74, 6) is 0.596. The maximum Gasteiger partial charge on any atom is 0.316 e. The van der Waals surface area contributed by atoms with Crippen molar-refractivity contribution in [2.24, 2.45) is 0 Å². The number of nitrogens with zero attached hydrogens (tertiary/aromatic N) is 3. The van der Waals surface area contributed by atoms with Gasteiger partial charge in [0.25, 0.3) is 0 Å². The van der Waals surface area contributed by atoms with Crippen LogP contribution in [-0.2, 0) is 6.54 Å². The summed E-state index contributed by atoms with van der Waals surface area (Å²) >= 11 is 1.66. The number of hydrogen-bond acceptors (Lipinski definition) is 7. The third-order valence-corrected chi connectivity index (χ3v) is 3.61. The van der Waals surface area contributed by atoms with Crippen molar-refractivity contribution in [3.05, 3.63) is 22.0 Å². The van der Waals surface area contributed by atoms with Crippen LogP contribution in [0.5, 0.6) is 0 Å². The van der Waals surface area contributed by atoms with Crippen molar-refractivity contribution < 1.29 is 4.42 Å². The molecule has 2 rings (SSSR count). The standard InChI is InChI=1S/C12H19N5OS/c1-4-5-13-7-10-16-17-12(18-10)15-9(3)11-14-6-8(2)19-11/h6,9,13H,4-5,7H2,1-3H3,(H,15,17). The summed E-state index contributed by atoms with van der Waals surface area (Å²) in [7, 11) is 0. The summed E-state index contributed by atoms with van der Waals surface area (Å²) in [6.45, 7) is 7.73. The number of aromatic nitrogens is 3. The van der Waals surface area contributed by atoms with Crippen LogP contribution < -0.4 is 10.6 Å². The van der Waals surface area contributed by atoms with Crippen molar-refractivity contribution in [3.8, 4) is 0 Å². The molecule has 7 heteroatoms. The molecule has 2 aromatic heterocycles. The first-order valence-corrected chi connectivity index (χ1v) is 7.22. The van der Waals surface area contributed by atoms with E-state index < -0.39 is 0 Å². The lowest BCUT2D eigenvalue weighted by atomic mass is 10.4. The summed E-state index contributed by atoms with van der Waals surface area (Å²) in [6.07, 6.45) is 2.95. The molecule has 19 heavy (non-hydrogen) atoms. The van der Waals surface area contributed by atoms with Gasteiger partial charge in [-0.3, -0.25) is 0 Å². The van der Waals surface area contributed by atoms with E-state index >= 15 is 0 Å². The second kappa shape index (κ2) is 6.63. The van der Waals surface area contributed by atoms with Crippen LogP contribution in [0.1, 0.15) is 42.1 Å². The highest BCUT2D eigenvalue weighted by atomic mass is 32.1. The van der Waals surface area contributed by atoms with E-state index in [1.807, 2.05) is 20.0 Å². The van der Waals surface area contributed by atoms with Gasteiger partial charge >= 0.3 is 6.01 Å². The molecule has 1 atom stereocenters. The number of rotatable bonds is 7. The summed E-state index contributed by atoms with van der Waals surface area (Å²) in [6, 6.07) is 0.504. The van der Waals surface area contributed by atoms with Crippen molar-refractivity contribution in [1.29, 1.82) is 0 Å². The van der Waals surface area contributed by atoms with Crippen molar-refractivity contribution in [2.75, 3.05) is 11.9 Å². The predicted octanol–water partition coefficient (Wildman–Crippen LogP) is 2.51. The van der Waals surface area contributed by atoms with Gasteiger partial charge in [0.15, 0.2) is 0 Å². The molecule has 0 spiro atoms. The second-order valence-corrected chi connectivity index (χ2v) is 5.62. The molecule has 0 radical (unpaired) electrons. The molecule has 6 nitrogen and oxygen atoms in total. The minimum absolute atomic E-state index is 0.0654. The number of hydrogen-bond donors (Lipinski definition) is 2. The maximum absolute atomic E-state index is 5.51. The molecule has 0 saturated heterocycles. The van der Waals surface area contributed by atoms with Crippen molar-refractivity contribution >= 4 is 17.4 Å². The van der Waals surface area contributed by atoms with Gasteiger partial charge < -0.3 is 15.1 Å². The Balaban J connectivity index is 1.88. The molecule has 0 amide bonds. The molecule has 0 aromatic carbocycles. The van der Waals surface area contributed by atoms with Gasteiger partial charge in [0.1, 0.15) is 5.01 Å². The van der Waals surface area contributed by atoms with Crippen LogP contribution in [0.15, 0.2) is 10.6 Å². The molecule has 0 fully saturated rings. The highest BCUT2D eigenvalue weighted by Crippen LogP contribution is 2.22. The molecule has 2 heterocycles. The third-order valence-electron chi connectivity index (χ3n) is 2.52. The predicted molar refractivity (Wildman–Crippen MR) is 75.2 cm³/mol. The fourth-order valence-electron chi connectivity index (χ4n) is 1.57. The Morgan fingerprint density at radius 3 is 2.95 bits per heavy atom. The first-order chi connectivity index (χ1) is 9.19. The Labute approximate surface area is 116 Å². The van der Waals surface area contributed by atoms with Crippen LogP contribution in [0.25, 0.3) is 0 Å². The minimum atomic E-state index is 0.0654. The van der Waals surface area contributed by atoms with E-state index in [4.69, 9.17) is 4.42 Å². The van der Waals surface area contributed by atoms with E-state index in [-0.39, 0.29) is 6.04 Å². The maximum atomic E-state index is 5.51. The van der Waals surface area contributed by atoms with E-state index in [2.05, 4.69) is 32.7 Å². The molecule has 0 saturated carbocycles. The Morgan fingerprint density at radius 2 is 2.26 bits per heavy atom. The minimum Gasteiger partial charge on any atom is -0.407 e. The van der Waals surface area contributed by atoms with Gasteiger partial charge in [-0.1, -0.05) is 12.0 Å². The van der Waals surface area contributed by atoms with Gasteiger partial charge in [-0.2, -0.15) is 0 Å². The van der Waals surface area contributed by atoms with Crippen molar-refractivity contribution in [3.63, 3.8) is 0 Å². The first-order valence-electron chi connectivity index (χ1n) is 6.41. The fraction of sp³-hybridized carbons (Fsp3) is 0.583. The van der Waals surface area contributed by atoms with Gasteiger partial charge in [-0.25, -0.2) is 4.98 Å². The normalized spacial score (nSPS) is 12.6. The molecular formula is C12H19N5OS. The van der Waals surface area contributed by atoms with Crippen LogP contribution in [0.4, 0.5) is 6.01 Å². The molecule has 2 N–H and O–H groups in total. The van der Waals surface area contributed by atoms with E-state index in [0.29, 0.717) is 18.5 Å². The molecular weight excluding hydrogens is 262 g/mol. The van der Waals surface area contributed by atoms with E-state index in [9.17, 15) is 0 Å². The number of nitrogens with one attached hydrogen (secondary N) is 2. The van der Waals surface area contributed by atoms with Crippen LogP contribution in [0.3, 0.4) is 0 Å². The average molecular weight is 281 g/mol. The SMILES string of the molecule is CCCNCc1nnc(NC(C)c2ncc(C)s2)o1. The van der Waals surface area contributed by atoms with Crippen LogP contribution in [0, 0.1) is 6.92 Å². The molecule has 0 aliphatic rings. The molecule has 0 bridgehead atoms. The van der Waals surface area contributed by atoms with E-state index in [1.54, 1.807) is 11.3 Å². The fourth-order valence-corrected chi connectivity index (χ4v) is 2.35. The topological polar surface area (TPSA) is 75.9 Å². The van der Waals surface area contributed by atoms with Crippen molar-refractivity contribution in [2.45, 2.75) is 39.8 Å². The lowest BCUT2D eigenvalue weighted by molar-refractivity contribution is 0.474. The Hall–Kier alpha value is -1.47. The number of aryl methyl sites for hydroxylation is 1. The molecule has 0 aliphatic carbocycles. The number of anilines is 1. The smallest absolute Gasteiger partial charge is 0.316 e. The Kier molecular flexibility index (Phi) is 4.86. The van der Waals surface area contributed by atoms with Crippen molar-refractivity contribution in [1.82, 2.24) is 20.5 Å². The van der Waals surface area contributed by atoms with E-state index in [0.717, 1.165) is 18.0 Å². The average Bonchev–Trinajstić information content (AvgIpc) is 2.99. The van der Waals surface area contributed by atoms with E-state index in [1.165, 1.54) is 4.88 Å². The zero-order valence-corrected chi connectivity index (χ0v) is 12.3. The summed E-state index contributed by atoms with van der Waals surface area (Å²) < 4.78 is 5.51. The van der Waals surface area contributed by atoms with Gasteiger partial charge in [0.2, 0.25) is 5.89 Å². The third kappa shape index (κ3) is 4.00. The molecule has 2 aromatic rings. The quantitative estimate of drug-likeness (QED) is 0.759. The highest BCUT2D eigenvalue weighted by molar-refractivity contribution is 7.11. The summed E-state index contributed by atoms with van der Waals surface area (Å²) in [4.78, 5) is 5.53. The van der Waals surface area contributed by atoms with Gasteiger partial charge in [-0.15, -0.1) is 16.4 Å². The monoisotopic (exact) mass is 281 g/mol. The lowest BCUT2D eigenvalue weighted by Crippen LogP contribution is -2.13. The Morgan fingerprint density at radius 1 is 1.42 bits per heavy atom. The summed E-state index contributed by atoms with van der Waals surface area (Å²) in [5, 5.41) is 15.4. The van der Waals surface area contributed by atoms with Crippen LogP contribution in [0.2, 0.25) is 0 Å². The zero-order chi connectivity index (χ0) is 13.7. The largest absolute Gasteiger partial charge is 0.407 e. The van der Waals surface area contributed by atoms with Gasteiger partial charge in [0, 0.05) is 11.1 Å². The molecule has 104 valence electrons. The highest BCUT2D eigenvalue weighted by Gasteiger charge is 2.13. The van der Waals surface area contributed by atoms with Crippen LogP contribution in [-0.4, -0.2) is 21.7 Å². The number of thiazole rings is 1. The van der Waals surface area contributed by atoms with Gasteiger partial charge in [0.05, 0.1) is 12.6 Å². The zero-order valence-electron chi connectivity index (χ0n) is 11.4. The second-order valence-electron chi connectivity index (χ2n) is 4.35. The molecule has 1 unspecified atom stereocenters. The lowest BCUT2D eigenvalue weighted by Gasteiger charge is -2.07. The molecule has 0 aliphatic heterocycles. The van der Waals surface area contributed by atoms with Crippen LogP contribution >= 0.6 is 11.3 Å². The first kappa shape index (κ1) is 14.0.